The van der Waals surface area contributed by atoms with E-state index in [9.17, 15) is 4.79 Å². The molecule has 4 N–H and O–H groups in total. The average Bonchev–Trinajstić information content (AvgIpc) is 2.72. The smallest absolute Gasteiger partial charge is 0.271 e. The van der Waals surface area contributed by atoms with Gasteiger partial charge in [-0.05, 0) is 25.5 Å². The van der Waals surface area contributed by atoms with Crippen LogP contribution in [-0.4, -0.2) is 29.2 Å². The van der Waals surface area contributed by atoms with Crippen molar-refractivity contribution in [2.45, 2.75) is 39.0 Å². The minimum atomic E-state index is -0.131. The van der Waals surface area contributed by atoms with Crippen LogP contribution in [0.1, 0.15) is 49.8 Å². The van der Waals surface area contributed by atoms with Gasteiger partial charge in [0.05, 0.1) is 0 Å². The maximum Gasteiger partial charge on any atom is 0.271 e. The van der Waals surface area contributed by atoms with Crippen LogP contribution in [0.4, 0.5) is 0 Å². The van der Waals surface area contributed by atoms with Crippen molar-refractivity contribution in [2.24, 2.45) is 5.73 Å². The lowest BCUT2D eigenvalue weighted by Crippen LogP contribution is -2.25. The van der Waals surface area contributed by atoms with Crippen LogP contribution in [0.3, 0.4) is 0 Å². The quantitative estimate of drug-likeness (QED) is 0.713. The van der Waals surface area contributed by atoms with Gasteiger partial charge in [0.25, 0.3) is 5.91 Å². The Balaban J connectivity index is 0.00000289. The summed E-state index contributed by atoms with van der Waals surface area (Å²) < 4.78 is 0. The molecule has 18 heavy (non-hydrogen) atoms. The van der Waals surface area contributed by atoms with Gasteiger partial charge in [0, 0.05) is 17.7 Å². The Kier molecular flexibility index (Phi) is 6.94. The van der Waals surface area contributed by atoms with Gasteiger partial charge in [-0.3, -0.25) is 9.89 Å². The molecule has 1 aromatic heterocycles. The number of rotatable bonds is 5. The van der Waals surface area contributed by atoms with E-state index in [-0.39, 0.29) is 23.7 Å². The highest BCUT2D eigenvalue weighted by Gasteiger charge is 2.18. The van der Waals surface area contributed by atoms with E-state index in [1.807, 2.05) is 0 Å². The summed E-state index contributed by atoms with van der Waals surface area (Å²) in [7, 11) is 0. The molecular weight excluding hydrogens is 252 g/mol. The first-order valence-corrected chi connectivity index (χ1v) is 5.99. The van der Waals surface area contributed by atoms with Crippen LogP contribution in [0.25, 0.3) is 0 Å². The number of hydrogen-bond donors (Lipinski definition) is 3. The van der Waals surface area contributed by atoms with Crippen LogP contribution in [0.5, 0.6) is 0 Å². The maximum atomic E-state index is 11.7. The lowest BCUT2D eigenvalue weighted by molar-refractivity contribution is 0.0948. The molecule has 0 bridgehead atoms. The van der Waals surface area contributed by atoms with Crippen molar-refractivity contribution in [3.05, 3.63) is 17.5 Å². The topological polar surface area (TPSA) is 83.8 Å². The van der Waals surface area contributed by atoms with E-state index in [0.29, 0.717) is 18.8 Å². The Morgan fingerprint density at radius 2 is 2.11 bits per heavy atom. The molecule has 6 heteroatoms. The van der Waals surface area contributed by atoms with E-state index in [4.69, 9.17) is 5.73 Å². The molecule has 0 radical (unpaired) electrons. The molecular formula is C12H23ClN4O. The summed E-state index contributed by atoms with van der Waals surface area (Å²) in [5, 5.41) is 9.74. The fourth-order valence-electron chi connectivity index (χ4n) is 1.38. The number of nitrogens with zero attached hydrogens (tertiary/aromatic N) is 1. The second-order valence-electron chi connectivity index (χ2n) is 5.17. The number of aromatic amines is 1. The number of carbonyl (C=O) groups is 1. The molecule has 0 fully saturated rings. The molecule has 104 valence electrons. The van der Waals surface area contributed by atoms with Crippen LogP contribution in [-0.2, 0) is 5.41 Å². The predicted octanol–water partition coefficient (Wildman–Crippen LogP) is 1.60. The van der Waals surface area contributed by atoms with Crippen molar-refractivity contribution in [3.8, 4) is 0 Å². The Morgan fingerprint density at radius 3 is 2.61 bits per heavy atom. The molecule has 1 rings (SSSR count). The molecule has 0 aliphatic carbocycles. The van der Waals surface area contributed by atoms with Crippen LogP contribution < -0.4 is 11.1 Å². The average molecular weight is 275 g/mol. The first kappa shape index (κ1) is 16.9. The SMILES string of the molecule is CC(C)(C)c1cc(C(=O)NCCCCN)n[nH]1.Cl. The van der Waals surface area contributed by atoms with Gasteiger partial charge in [-0.2, -0.15) is 5.10 Å². The number of halogens is 1. The van der Waals surface area contributed by atoms with Gasteiger partial charge in [-0.1, -0.05) is 20.8 Å². The third-order valence-corrected chi connectivity index (χ3v) is 2.53. The zero-order valence-electron chi connectivity index (χ0n) is 11.2. The standard InChI is InChI=1S/C12H22N4O.ClH/c1-12(2,3)10-8-9(15-16-10)11(17)14-7-5-4-6-13;/h8H,4-7,13H2,1-3H3,(H,14,17)(H,15,16);1H. The van der Waals surface area contributed by atoms with Crippen molar-refractivity contribution < 1.29 is 4.79 Å². The number of amides is 1. The van der Waals surface area contributed by atoms with Gasteiger partial charge in [-0.25, -0.2) is 0 Å². The first-order valence-electron chi connectivity index (χ1n) is 5.99. The van der Waals surface area contributed by atoms with Crippen LogP contribution in [0.2, 0.25) is 0 Å². The molecule has 0 spiro atoms. The summed E-state index contributed by atoms with van der Waals surface area (Å²) in [5.41, 5.74) is 6.76. The molecule has 1 aromatic rings. The number of unbranched alkanes of at least 4 members (excludes halogenated alkanes) is 1. The third kappa shape index (κ3) is 5.06. The molecule has 0 saturated carbocycles. The van der Waals surface area contributed by atoms with Gasteiger partial charge in [0.2, 0.25) is 0 Å². The fourth-order valence-corrected chi connectivity index (χ4v) is 1.38. The molecule has 0 atom stereocenters. The molecule has 0 saturated heterocycles. The maximum absolute atomic E-state index is 11.7. The fraction of sp³-hybridized carbons (Fsp3) is 0.667. The predicted molar refractivity (Wildman–Crippen MR) is 75.2 cm³/mol. The second kappa shape index (κ2) is 7.38. The van der Waals surface area contributed by atoms with Gasteiger partial charge in [0.1, 0.15) is 5.69 Å². The summed E-state index contributed by atoms with van der Waals surface area (Å²) in [5.74, 6) is -0.131. The van der Waals surface area contributed by atoms with Crippen molar-refractivity contribution in [1.29, 1.82) is 0 Å². The summed E-state index contributed by atoms with van der Waals surface area (Å²) >= 11 is 0. The number of H-pyrrole nitrogens is 1. The van der Waals surface area contributed by atoms with E-state index in [1.54, 1.807) is 6.07 Å². The Labute approximate surface area is 114 Å². The van der Waals surface area contributed by atoms with E-state index in [2.05, 4.69) is 36.3 Å². The minimum Gasteiger partial charge on any atom is -0.351 e. The van der Waals surface area contributed by atoms with Crippen molar-refractivity contribution >= 4 is 18.3 Å². The number of aromatic nitrogens is 2. The number of nitrogens with one attached hydrogen (secondary N) is 2. The summed E-state index contributed by atoms with van der Waals surface area (Å²) in [6.07, 6.45) is 1.83. The zero-order chi connectivity index (χ0) is 12.9. The second-order valence-corrected chi connectivity index (χ2v) is 5.17. The summed E-state index contributed by atoms with van der Waals surface area (Å²) in [6.45, 7) is 7.52. The van der Waals surface area contributed by atoms with Gasteiger partial charge >= 0.3 is 0 Å². The van der Waals surface area contributed by atoms with Gasteiger partial charge < -0.3 is 11.1 Å². The molecule has 0 aromatic carbocycles. The molecule has 0 aliphatic rings. The summed E-state index contributed by atoms with van der Waals surface area (Å²) in [6, 6.07) is 1.80. The Hall–Kier alpha value is -1.07. The Bertz CT molecular complexity index is 370. The molecule has 5 nitrogen and oxygen atoms in total. The van der Waals surface area contributed by atoms with Crippen molar-refractivity contribution in [2.75, 3.05) is 13.1 Å². The largest absolute Gasteiger partial charge is 0.351 e. The van der Waals surface area contributed by atoms with Crippen LogP contribution in [0.15, 0.2) is 6.07 Å². The van der Waals surface area contributed by atoms with E-state index < -0.39 is 0 Å². The van der Waals surface area contributed by atoms with E-state index >= 15 is 0 Å². The minimum absolute atomic E-state index is 0. The number of hydrogen-bond acceptors (Lipinski definition) is 3. The molecule has 1 heterocycles. The third-order valence-electron chi connectivity index (χ3n) is 2.53. The molecule has 1 amide bonds. The molecule has 0 aliphatic heterocycles. The van der Waals surface area contributed by atoms with E-state index in [1.165, 1.54) is 0 Å². The molecule has 0 unspecified atom stereocenters. The zero-order valence-corrected chi connectivity index (χ0v) is 12.1. The normalized spacial score (nSPS) is 10.9. The number of nitrogens with two attached hydrogens (primary N) is 1. The van der Waals surface area contributed by atoms with Gasteiger partial charge in [0.15, 0.2) is 0 Å². The first-order chi connectivity index (χ1) is 7.95. The van der Waals surface area contributed by atoms with Gasteiger partial charge in [-0.15, -0.1) is 12.4 Å². The lowest BCUT2D eigenvalue weighted by Gasteiger charge is -2.14. The van der Waals surface area contributed by atoms with Crippen molar-refractivity contribution in [3.63, 3.8) is 0 Å². The lowest BCUT2D eigenvalue weighted by atomic mass is 9.92. The van der Waals surface area contributed by atoms with E-state index in [0.717, 1.165) is 18.5 Å². The monoisotopic (exact) mass is 274 g/mol. The number of carbonyl (C=O) groups excluding carboxylic acids is 1. The van der Waals surface area contributed by atoms with Crippen molar-refractivity contribution in [1.82, 2.24) is 15.5 Å². The highest BCUT2D eigenvalue weighted by atomic mass is 35.5. The summed E-state index contributed by atoms with van der Waals surface area (Å²) in [4.78, 5) is 11.7. The van der Waals surface area contributed by atoms with Crippen LogP contribution in [0, 0.1) is 0 Å². The Morgan fingerprint density at radius 1 is 1.44 bits per heavy atom. The van der Waals surface area contributed by atoms with Crippen LogP contribution >= 0.6 is 12.4 Å². The highest BCUT2D eigenvalue weighted by Crippen LogP contribution is 2.20. The highest BCUT2D eigenvalue weighted by molar-refractivity contribution is 5.92.